The first-order chi connectivity index (χ1) is 8.26. The van der Waals surface area contributed by atoms with Crippen LogP contribution in [-0.2, 0) is 4.74 Å². The van der Waals surface area contributed by atoms with Gasteiger partial charge in [0.15, 0.2) is 0 Å². The Labute approximate surface area is 106 Å². The number of thioether (sulfide) groups is 1. The van der Waals surface area contributed by atoms with Crippen LogP contribution >= 0.6 is 11.8 Å². The highest BCUT2D eigenvalue weighted by Crippen LogP contribution is 2.20. The second-order valence-corrected chi connectivity index (χ2v) is 4.86. The number of rotatable bonds is 8. The molecule has 0 spiro atoms. The highest BCUT2D eigenvalue weighted by atomic mass is 32.2. The minimum Gasteiger partial charge on any atom is -0.385 e. The van der Waals surface area contributed by atoms with Crippen LogP contribution < -0.4 is 11.3 Å². The lowest BCUT2D eigenvalue weighted by Crippen LogP contribution is -2.37. The molecular weight excluding hydrogens is 239 g/mol. The zero-order chi connectivity index (χ0) is 12.5. The summed E-state index contributed by atoms with van der Waals surface area (Å²) < 4.78 is 17.9. The van der Waals surface area contributed by atoms with Crippen molar-refractivity contribution in [2.24, 2.45) is 5.84 Å². The highest BCUT2D eigenvalue weighted by molar-refractivity contribution is 7.99. The molecule has 1 unspecified atom stereocenters. The highest BCUT2D eigenvalue weighted by Gasteiger charge is 2.07. The number of nitrogens with two attached hydrogens (primary N) is 1. The van der Waals surface area contributed by atoms with Crippen LogP contribution in [0.15, 0.2) is 29.2 Å². The van der Waals surface area contributed by atoms with Crippen LogP contribution in [0, 0.1) is 5.82 Å². The molecule has 0 amide bonds. The molecule has 96 valence electrons. The van der Waals surface area contributed by atoms with E-state index in [1.54, 1.807) is 24.9 Å². The van der Waals surface area contributed by atoms with E-state index in [0.717, 1.165) is 30.1 Å². The predicted octanol–water partition coefficient (Wildman–Crippen LogP) is 2.18. The van der Waals surface area contributed by atoms with Crippen LogP contribution in [0.1, 0.15) is 12.8 Å². The van der Waals surface area contributed by atoms with Crippen molar-refractivity contribution in [3.63, 3.8) is 0 Å². The summed E-state index contributed by atoms with van der Waals surface area (Å²) in [6.07, 6.45) is 1.92. The van der Waals surface area contributed by atoms with Crippen molar-refractivity contribution in [2.45, 2.75) is 23.8 Å². The SMILES string of the molecule is COCCCC(CSc1cccc(F)c1)NN. The summed E-state index contributed by atoms with van der Waals surface area (Å²) in [6, 6.07) is 6.82. The van der Waals surface area contributed by atoms with Gasteiger partial charge in [0.1, 0.15) is 5.82 Å². The Balaban J connectivity index is 2.31. The minimum atomic E-state index is -0.202. The molecule has 0 heterocycles. The van der Waals surface area contributed by atoms with E-state index >= 15 is 0 Å². The predicted molar refractivity (Wildman–Crippen MR) is 69.3 cm³/mol. The fourth-order valence-corrected chi connectivity index (χ4v) is 2.47. The molecule has 0 aliphatic heterocycles. The summed E-state index contributed by atoms with van der Waals surface area (Å²) in [6.45, 7) is 0.739. The largest absolute Gasteiger partial charge is 0.385 e. The van der Waals surface area contributed by atoms with Gasteiger partial charge in [0, 0.05) is 30.4 Å². The van der Waals surface area contributed by atoms with E-state index in [-0.39, 0.29) is 11.9 Å². The number of hydrazine groups is 1. The van der Waals surface area contributed by atoms with Crippen molar-refractivity contribution in [3.05, 3.63) is 30.1 Å². The van der Waals surface area contributed by atoms with Gasteiger partial charge in [-0.3, -0.25) is 11.3 Å². The van der Waals surface area contributed by atoms with Crippen LogP contribution in [0.25, 0.3) is 0 Å². The Kier molecular flexibility index (Phi) is 7.19. The molecule has 0 aliphatic carbocycles. The van der Waals surface area contributed by atoms with Crippen LogP contribution in [-0.4, -0.2) is 25.5 Å². The summed E-state index contributed by atoms with van der Waals surface area (Å²) in [7, 11) is 1.69. The average molecular weight is 258 g/mol. The molecule has 3 nitrogen and oxygen atoms in total. The van der Waals surface area contributed by atoms with Gasteiger partial charge in [-0.25, -0.2) is 4.39 Å². The lowest BCUT2D eigenvalue weighted by Gasteiger charge is -2.15. The summed E-state index contributed by atoms with van der Waals surface area (Å²) >= 11 is 1.60. The molecule has 1 aromatic rings. The first kappa shape index (κ1) is 14.4. The second-order valence-electron chi connectivity index (χ2n) is 3.77. The van der Waals surface area contributed by atoms with Crippen molar-refractivity contribution in [2.75, 3.05) is 19.5 Å². The Morgan fingerprint density at radius 1 is 1.53 bits per heavy atom. The molecule has 1 rings (SSSR count). The first-order valence-corrected chi connectivity index (χ1v) is 6.58. The van der Waals surface area contributed by atoms with E-state index in [9.17, 15) is 4.39 Å². The molecule has 17 heavy (non-hydrogen) atoms. The van der Waals surface area contributed by atoms with Gasteiger partial charge in [-0.15, -0.1) is 11.8 Å². The molecule has 0 saturated carbocycles. The van der Waals surface area contributed by atoms with Gasteiger partial charge in [0.05, 0.1) is 0 Å². The topological polar surface area (TPSA) is 47.3 Å². The van der Waals surface area contributed by atoms with Gasteiger partial charge >= 0.3 is 0 Å². The standard InChI is InChI=1S/C12H19FN2OS/c1-16-7-3-5-11(15-14)9-17-12-6-2-4-10(13)8-12/h2,4,6,8,11,15H,3,5,7,9,14H2,1H3. The molecule has 0 saturated heterocycles. The molecule has 0 aliphatic rings. The molecule has 0 fully saturated rings. The van der Waals surface area contributed by atoms with Crippen molar-refractivity contribution >= 4 is 11.8 Å². The van der Waals surface area contributed by atoms with E-state index in [1.807, 2.05) is 6.07 Å². The molecular formula is C12H19FN2OS. The van der Waals surface area contributed by atoms with Gasteiger partial charge in [-0.2, -0.15) is 0 Å². The third kappa shape index (κ3) is 6.02. The molecule has 0 bridgehead atoms. The van der Waals surface area contributed by atoms with Gasteiger partial charge in [-0.05, 0) is 31.0 Å². The maximum atomic E-state index is 13.0. The van der Waals surface area contributed by atoms with Crippen LogP contribution in [0.4, 0.5) is 4.39 Å². The monoisotopic (exact) mass is 258 g/mol. The summed E-state index contributed by atoms with van der Waals surface area (Å²) in [4.78, 5) is 0.928. The maximum Gasteiger partial charge on any atom is 0.124 e. The van der Waals surface area contributed by atoms with Crippen LogP contribution in [0.3, 0.4) is 0 Å². The van der Waals surface area contributed by atoms with Crippen molar-refractivity contribution in [1.82, 2.24) is 5.43 Å². The van der Waals surface area contributed by atoms with Crippen molar-refractivity contribution in [1.29, 1.82) is 0 Å². The Morgan fingerprint density at radius 3 is 3.00 bits per heavy atom. The number of benzene rings is 1. The summed E-state index contributed by atoms with van der Waals surface area (Å²) in [5.41, 5.74) is 2.78. The third-order valence-corrected chi connectivity index (χ3v) is 3.54. The van der Waals surface area contributed by atoms with E-state index < -0.39 is 0 Å². The normalized spacial score (nSPS) is 12.6. The second kappa shape index (κ2) is 8.47. The number of nitrogens with one attached hydrogen (secondary N) is 1. The van der Waals surface area contributed by atoms with Gasteiger partial charge in [0.25, 0.3) is 0 Å². The van der Waals surface area contributed by atoms with Crippen molar-refractivity contribution < 1.29 is 9.13 Å². The molecule has 0 radical (unpaired) electrons. The maximum absolute atomic E-state index is 13.0. The first-order valence-electron chi connectivity index (χ1n) is 5.59. The fourth-order valence-electron chi connectivity index (χ4n) is 1.44. The van der Waals surface area contributed by atoms with Gasteiger partial charge < -0.3 is 4.74 Å². The third-order valence-electron chi connectivity index (χ3n) is 2.38. The Hall–Kier alpha value is -0.620. The number of hydrogen-bond acceptors (Lipinski definition) is 4. The molecule has 0 aromatic heterocycles. The number of ether oxygens (including phenoxy) is 1. The van der Waals surface area contributed by atoms with E-state index in [1.165, 1.54) is 12.1 Å². The molecule has 1 atom stereocenters. The van der Waals surface area contributed by atoms with E-state index in [0.29, 0.717) is 0 Å². The molecule has 3 N–H and O–H groups in total. The quantitative estimate of drug-likeness (QED) is 0.325. The Bertz CT molecular complexity index is 325. The minimum absolute atomic E-state index is 0.202. The fraction of sp³-hybridized carbons (Fsp3) is 0.500. The number of methoxy groups -OCH3 is 1. The summed E-state index contributed by atoms with van der Waals surface area (Å²) in [5.74, 6) is 6.09. The number of halogens is 1. The smallest absolute Gasteiger partial charge is 0.124 e. The van der Waals surface area contributed by atoms with Crippen molar-refractivity contribution in [3.8, 4) is 0 Å². The lowest BCUT2D eigenvalue weighted by molar-refractivity contribution is 0.189. The van der Waals surface area contributed by atoms with E-state index in [4.69, 9.17) is 10.6 Å². The van der Waals surface area contributed by atoms with Crippen LogP contribution in [0.5, 0.6) is 0 Å². The Morgan fingerprint density at radius 2 is 2.35 bits per heavy atom. The van der Waals surface area contributed by atoms with E-state index in [2.05, 4.69) is 5.43 Å². The zero-order valence-corrected chi connectivity index (χ0v) is 10.8. The molecule has 5 heteroatoms. The lowest BCUT2D eigenvalue weighted by atomic mass is 10.2. The zero-order valence-electron chi connectivity index (χ0n) is 9.99. The van der Waals surface area contributed by atoms with Gasteiger partial charge in [-0.1, -0.05) is 6.07 Å². The van der Waals surface area contributed by atoms with Crippen LogP contribution in [0.2, 0.25) is 0 Å². The molecule has 1 aromatic carbocycles. The van der Waals surface area contributed by atoms with Gasteiger partial charge in [0.2, 0.25) is 0 Å². The average Bonchev–Trinajstić information content (AvgIpc) is 2.34. The number of hydrogen-bond donors (Lipinski definition) is 2. The summed E-state index contributed by atoms with van der Waals surface area (Å²) in [5, 5.41) is 0.